The molecule has 0 aromatic heterocycles. The summed E-state index contributed by atoms with van der Waals surface area (Å²) in [6.07, 6.45) is 2.92. The zero-order chi connectivity index (χ0) is 20.0. The Kier molecular flexibility index (Phi) is 6.60. The summed E-state index contributed by atoms with van der Waals surface area (Å²) < 4.78 is 5.36. The van der Waals surface area contributed by atoms with E-state index in [-0.39, 0.29) is 17.9 Å². The lowest BCUT2D eigenvalue weighted by Crippen LogP contribution is -2.51. The standard InChI is InChI=1S/C20H27N3O4/c1-15(24)21-17-8-5-16(6-9-17)7-10-18(25)22-11-13-23(14-12-22)19(26)27-20(2,3)4/h5-10H,11-14H2,1-4H3,(H,21,24)/b10-7+. The van der Waals surface area contributed by atoms with E-state index in [4.69, 9.17) is 4.74 Å². The molecule has 1 aliphatic rings. The Balaban J connectivity index is 1.84. The zero-order valence-electron chi connectivity index (χ0n) is 16.3. The molecule has 1 fully saturated rings. The number of hydrogen-bond acceptors (Lipinski definition) is 4. The minimum Gasteiger partial charge on any atom is -0.444 e. The van der Waals surface area contributed by atoms with Crippen LogP contribution >= 0.6 is 0 Å². The van der Waals surface area contributed by atoms with Crippen LogP contribution in [0.2, 0.25) is 0 Å². The molecule has 0 atom stereocenters. The van der Waals surface area contributed by atoms with Crippen LogP contribution < -0.4 is 5.32 Å². The molecule has 1 aliphatic heterocycles. The molecule has 0 bridgehead atoms. The smallest absolute Gasteiger partial charge is 0.410 e. The summed E-state index contributed by atoms with van der Waals surface area (Å²) in [4.78, 5) is 38.7. The van der Waals surface area contributed by atoms with Crippen LogP contribution in [0.4, 0.5) is 10.5 Å². The Morgan fingerprint density at radius 2 is 1.56 bits per heavy atom. The minimum absolute atomic E-state index is 0.0928. The lowest BCUT2D eigenvalue weighted by molar-refractivity contribution is -0.127. The first-order valence-electron chi connectivity index (χ1n) is 8.96. The predicted octanol–water partition coefficient (Wildman–Crippen LogP) is 2.74. The van der Waals surface area contributed by atoms with Crippen molar-refractivity contribution in [3.8, 4) is 0 Å². The molecule has 1 N–H and O–H groups in total. The molecule has 0 radical (unpaired) electrons. The third kappa shape index (κ3) is 6.77. The molecule has 7 heteroatoms. The van der Waals surface area contributed by atoms with Crippen LogP contribution in [0.3, 0.4) is 0 Å². The molecule has 1 saturated heterocycles. The van der Waals surface area contributed by atoms with Gasteiger partial charge in [-0.1, -0.05) is 12.1 Å². The second-order valence-corrected chi connectivity index (χ2v) is 7.43. The second-order valence-electron chi connectivity index (χ2n) is 7.43. The van der Waals surface area contributed by atoms with Crippen molar-refractivity contribution in [2.24, 2.45) is 0 Å². The zero-order valence-corrected chi connectivity index (χ0v) is 16.3. The fourth-order valence-corrected chi connectivity index (χ4v) is 2.59. The van der Waals surface area contributed by atoms with Crippen molar-refractivity contribution in [2.45, 2.75) is 33.3 Å². The SMILES string of the molecule is CC(=O)Nc1ccc(/C=C/C(=O)N2CCN(C(=O)OC(C)(C)C)CC2)cc1. The van der Waals surface area contributed by atoms with E-state index in [1.807, 2.05) is 32.9 Å². The van der Waals surface area contributed by atoms with Gasteiger partial charge >= 0.3 is 6.09 Å². The Morgan fingerprint density at radius 1 is 1.00 bits per heavy atom. The summed E-state index contributed by atoms with van der Waals surface area (Å²) in [5.41, 5.74) is 1.05. The summed E-state index contributed by atoms with van der Waals surface area (Å²) in [7, 11) is 0. The highest BCUT2D eigenvalue weighted by Crippen LogP contribution is 2.13. The number of nitrogens with one attached hydrogen (secondary N) is 1. The Labute approximate surface area is 160 Å². The third-order valence-electron chi connectivity index (χ3n) is 3.89. The van der Waals surface area contributed by atoms with E-state index in [1.165, 1.54) is 13.0 Å². The van der Waals surface area contributed by atoms with Crippen LogP contribution in [-0.4, -0.2) is 59.5 Å². The van der Waals surface area contributed by atoms with E-state index in [1.54, 1.807) is 28.0 Å². The highest BCUT2D eigenvalue weighted by molar-refractivity contribution is 5.92. The van der Waals surface area contributed by atoms with Gasteiger partial charge in [0.15, 0.2) is 0 Å². The molecule has 0 saturated carbocycles. The first-order chi connectivity index (χ1) is 12.6. The summed E-state index contributed by atoms with van der Waals surface area (Å²) >= 11 is 0. The number of piperazine rings is 1. The van der Waals surface area contributed by atoms with Crippen molar-refractivity contribution in [1.29, 1.82) is 0 Å². The third-order valence-corrected chi connectivity index (χ3v) is 3.89. The van der Waals surface area contributed by atoms with Gasteiger partial charge < -0.3 is 19.9 Å². The van der Waals surface area contributed by atoms with Crippen LogP contribution in [0, 0.1) is 0 Å². The molecule has 0 spiro atoms. The fourth-order valence-electron chi connectivity index (χ4n) is 2.59. The number of ether oxygens (including phenoxy) is 1. The maximum Gasteiger partial charge on any atom is 0.410 e. The fraction of sp³-hybridized carbons (Fsp3) is 0.450. The summed E-state index contributed by atoms with van der Waals surface area (Å²) in [6, 6.07) is 7.22. The van der Waals surface area contributed by atoms with Gasteiger partial charge in [-0.2, -0.15) is 0 Å². The summed E-state index contributed by atoms with van der Waals surface area (Å²) in [5, 5.41) is 2.70. The second kappa shape index (κ2) is 8.70. The molecule has 2 rings (SSSR count). The van der Waals surface area contributed by atoms with Gasteiger partial charge in [-0.05, 0) is 44.5 Å². The van der Waals surface area contributed by atoms with Gasteiger partial charge in [-0.15, -0.1) is 0 Å². The number of anilines is 1. The van der Waals surface area contributed by atoms with Crippen molar-refractivity contribution in [2.75, 3.05) is 31.5 Å². The van der Waals surface area contributed by atoms with Crippen LogP contribution in [0.5, 0.6) is 0 Å². The number of rotatable bonds is 3. The first-order valence-corrected chi connectivity index (χ1v) is 8.96. The number of amides is 3. The highest BCUT2D eigenvalue weighted by atomic mass is 16.6. The summed E-state index contributed by atoms with van der Waals surface area (Å²) in [6.45, 7) is 8.82. The van der Waals surface area contributed by atoms with Crippen molar-refractivity contribution in [3.63, 3.8) is 0 Å². The Bertz CT molecular complexity index is 712. The van der Waals surface area contributed by atoms with Crippen molar-refractivity contribution < 1.29 is 19.1 Å². The Morgan fingerprint density at radius 3 is 2.07 bits per heavy atom. The van der Waals surface area contributed by atoms with E-state index >= 15 is 0 Å². The van der Waals surface area contributed by atoms with E-state index in [2.05, 4.69) is 5.32 Å². The number of hydrogen-bond donors (Lipinski definition) is 1. The molecular formula is C20H27N3O4. The van der Waals surface area contributed by atoms with Gasteiger partial charge in [0, 0.05) is 44.9 Å². The van der Waals surface area contributed by atoms with Gasteiger partial charge in [0.05, 0.1) is 0 Å². The molecule has 0 aliphatic carbocycles. The van der Waals surface area contributed by atoms with Crippen molar-refractivity contribution >= 4 is 29.7 Å². The largest absolute Gasteiger partial charge is 0.444 e. The minimum atomic E-state index is -0.526. The van der Waals surface area contributed by atoms with E-state index in [0.717, 1.165) is 5.56 Å². The van der Waals surface area contributed by atoms with Crippen LogP contribution in [0.15, 0.2) is 30.3 Å². The van der Waals surface area contributed by atoms with Gasteiger partial charge in [0.1, 0.15) is 5.60 Å². The maximum atomic E-state index is 12.3. The number of carbonyl (C=O) groups excluding carboxylic acids is 3. The van der Waals surface area contributed by atoms with Gasteiger partial charge in [-0.25, -0.2) is 4.79 Å². The Hall–Kier alpha value is -2.83. The average molecular weight is 373 g/mol. The summed E-state index contributed by atoms with van der Waals surface area (Å²) in [5.74, 6) is -0.219. The quantitative estimate of drug-likeness (QED) is 0.827. The maximum absolute atomic E-state index is 12.3. The van der Waals surface area contributed by atoms with Crippen LogP contribution in [0.25, 0.3) is 6.08 Å². The molecular weight excluding hydrogens is 346 g/mol. The molecule has 1 aromatic rings. The molecule has 3 amide bonds. The van der Waals surface area contributed by atoms with Crippen LogP contribution in [-0.2, 0) is 14.3 Å². The van der Waals surface area contributed by atoms with Crippen molar-refractivity contribution in [1.82, 2.24) is 9.80 Å². The highest BCUT2D eigenvalue weighted by Gasteiger charge is 2.26. The van der Waals surface area contributed by atoms with Gasteiger partial charge in [0.2, 0.25) is 11.8 Å². The van der Waals surface area contributed by atoms with E-state index in [9.17, 15) is 14.4 Å². The number of carbonyl (C=O) groups is 3. The van der Waals surface area contributed by atoms with Gasteiger partial charge in [-0.3, -0.25) is 9.59 Å². The van der Waals surface area contributed by atoms with Crippen LogP contribution in [0.1, 0.15) is 33.3 Å². The monoisotopic (exact) mass is 373 g/mol. The lowest BCUT2D eigenvalue weighted by Gasteiger charge is -2.35. The molecule has 146 valence electrons. The van der Waals surface area contributed by atoms with Crippen molar-refractivity contribution in [3.05, 3.63) is 35.9 Å². The predicted molar refractivity (Wildman–Crippen MR) is 104 cm³/mol. The molecule has 1 aromatic carbocycles. The number of benzene rings is 1. The molecule has 7 nitrogen and oxygen atoms in total. The molecule has 0 unspecified atom stereocenters. The normalized spacial score (nSPS) is 15.0. The topological polar surface area (TPSA) is 79.0 Å². The number of nitrogens with zero attached hydrogens (tertiary/aromatic N) is 2. The van der Waals surface area contributed by atoms with Gasteiger partial charge in [0.25, 0.3) is 0 Å². The molecule has 1 heterocycles. The average Bonchev–Trinajstić information content (AvgIpc) is 2.59. The lowest BCUT2D eigenvalue weighted by atomic mass is 10.2. The first kappa shape index (κ1) is 20.5. The van der Waals surface area contributed by atoms with E-state index < -0.39 is 5.60 Å². The van der Waals surface area contributed by atoms with E-state index in [0.29, 0.717) is 31.9 Å². The molecule has 27 heavy (non-hydrogen) atoms.